The van der Waals surface area contributed by atoms with Crippen molar-refractivity contribution in [3.63, 3.8) is 0 Å². The highest BCUT2D eigenvalue weighted by atomic mass is 31.2. The molecule has 0 saturated carbocycles. The second kappa shape index (κ2) is 8.11. The summed E-state index contributed by atoms with van der Waals surface area (Å²) in [6.45, 7) is 0.861. The molecule has 1 atom stereocenters. The van der Waals surface area contributed by atoms with E-state index in [0.717, 1.165) is 11.1 Å². The summed E-state index contributed by atoms with van der Waals surface area (Å²) in [6.07, 6.45) is 0.0204. The van der Waals surface area contributed by atoms with Gasteiger partial charge in [-0.3, -0.25) is 4.57 Å². The maximum atomic E-state index is 11.9. The third kappa shape index (κ3) is 6.23. The lowest BCUT2D eigenvalue weighted by Crippen LogP contribution is -2.04. The third-order valence-corrected chi connectivity index (χ3v) is 4.21. The molecule has 0 radical (unpaired) electrons. The van der Waals surface area contributed by atoms with Crippen molar-refractivity contribution >= 4 is 7.60 Å². The van der Waals surface area contributed by atoms with E-state index in [4.69, 9.17) is 9.26 Å². The molecule has 0 amide bonds. The summed E-state index contributed by atoms with van der Waals surface area (Å²) in [5, 5.41) is 0. The summed E-state index contributed by atoms with van der Waals surface area (Å²) in [4.78, 5) is 9.76. The molecule has 0 aliphatic heterocycles. The van der Waals surface area contributed by atoms with Crippen LogP contribution in [0.15, 0.2) is 60.7 Å². The number of hydrogen-bond donors (Lipinski definition) is 1. The van der Waals surface area contributed by atoms with Crippen LogP contribution in [0.4, 0.5) is 0 Å². The molecular formula is C16H19O4P. The molecule has 0 fully saturated rings. The van der Waals surface area contributed by atoms with Crippen LogP contribution in [0.5, 0.6) is 0 Å². The maximum Gasteiger partial charge on any atom is 0.332 e. The van der Waals surface area contributed by atoms with Crippen LogP contribution in [0, 0.1) is 0 Å². The minimum atomic E-state index is -3.61. The van der Waals surface area contributed by atoms with Crippen molar-refractivity contribution in [3.8, 4) is 0 Å². The molecule has 0 saturated heterocycles. The van der Waals surface area contributed by atoms with Gasteiger partial charge in [0.2, 0.25) is 0 Å². The third-order valence-electron chi connectivity index (χ3n) is 2.86. The fourth-order valence-corrected chi connectivity index (χ4v) is 2.99. The Hall–Kier alpha value is -1.45. The molecule has 5 heteroatoms. The number of ether oxygens (including phenoxy) is 1. The lowest BCUT2D eigenvalue weighted by atomic mass is 10.2. The van der Waals surface area contributed by atoms with Gasteiger partial charge in [-0.1, -0.05) is 60.7 Å². The SMILES string of the molecule is O=P(O)(Cc1ccccc1)OCCOCc1ccccc1. The molecule has 0 aromatic heterocycles. The van der Waals surface area contributed by atoms with Crippen LogP contribution in [-0.2, 0) is 26.6 Å². The molecule has 1 unspecified atom stereocenters. The van der Waals surface area contributed by atoms with E-state index in [1.54, 1.807) is 12.1 Å². The Morgan fingerprint density at radius 2 is 1.43 bits per heavy atom. The largest absolute Gasteiger partial charge is 0.374 e. The minimum Gasteiger partial charge on any atom is -0.374 e. The summed E-state index contributed by atoms with van der Waals surface area (Å²) in [5.74, 6) is 0. The monoisotopic (exact) mass is 306 g/mol. The summed E-state index contributed by atoms with van der Waals surface area (Å²) in [5.41, 5.74) is 1.85. The van der Waals surface area contributed by atoms with E-state index in [2.05, 4.69) is 0 Å². The van der Waals surface area contributed by atoms with Crippen molar-refractivity contribution in [2.75, 3.05) is 13.2 Å². The van der Waals surface area contributed by atoms with E-state index in [-0.39, 0.29) is 19.4 Å². The van der Waals surface area contributed by atoms with Crippen molar-refractivity contribution in [3.05, 3.63) is 71.8 Å². The van der Waals surface area contributed by atoms with Gasteiger partial charge in [-0.15, -0.1) is 0 Å². The highest BCUT2D eigenvalue weighted by Crippen LogP contribution is 2.45. The maximum absolute atomic E-state index is 11.9. The smallest absolute Gasteiger partial charge is 0.332 e. The van der Waals surface area contributed by atoms with E-state index in [1.165, 1.54) is 0 Å². The summed E-state index contributed by atoms with van der Waals surface area (Å²) >= 11 is 0. The van der Waals surface area contributed by atoms with E-state index < -0.39 is 7.60 Å². The average Bonchev–Trinajstić information content (AvgIpc) is 2.48. The molecule has 112 valence electrons. The highest BCUT2D eigenvalue weighted by molar-refractivity contribution is 7.51. The zero-order chi connectivity index (χ0) is 15.0. The van der Waals surface area contributed by atoms with Gasteiger partial charge in [-0.05, 0) is 11.1 Å². The van der Waals surface area contributed by atoms with Crippen molar-refractivity contribution in [1.29, 1.82) is 0 Å². The van der Waals surface area contributed by atoms with Gasteiger partial charge >= 0.3 is 7.60 Å². The van der Waals surface area contributed by atoms with E-state index in [1.807, 2.05) is 48.5 Å². The predicted molar refractivity (Wildman–Crippen MR) is 82.0 cm³/mol. The highest BCUT2D eigenvalue weighted by Gasteiger charge is 2.19. The fourth-order valence-electron chi connectivity index (χ4n) is 1.86. The molecule has 0 spiro atoms. The Balaban J connectivity index is 1.67. The average molecular weight is 306 g/mol. The van der Waals surface area contributed by atoms with Crippen molar-refractivity contribution in [1.82, 2.24) is 0 Å². The van der Waals surface area contributed by atoms with Gasteiger partial charge in [0.15, 0.2) is 0 Å². The second-order valence-electron chi connectivity index (χ2n) is 4.65. The Morgan fingerprint density at radius 1 is 0.857 bits per heavy atom. The molecule has 1 N–H and O–H groups in total. The number of benzene rings is 2. The van der Waals surface area contributed by atoms with Crippen LogP contribution in [0.25, 0.3) is 0 Å². The van der Waals surface area contributed by atoms with E-state index in [0.29, 0.717) is 6.61 Å². The summed E-state index contributed by atoms with van der Waals surface area (Å²) in [6, 6.07) is 18.9. The molecule has 2 aromatic rings. The summed E-state index contributed by atoms with van der Waals surface area (Å²) < 4.78 is 22.4. The lowest BCUT2D eigenvalue weighted by molar-refractivity contribution is 0.0846. The van der Waals surface area contributed by atoms with Crippen LogP contribution in [-0.4, -0.2) is 18.1 Å². The van der Waals surface area contributed by atoms with Crippen molar-refractivity contribution < 1.29 is 18.7 Å². The Bertz CT molecular complexity index is 571. The summed E-state index contributed by atoms with van der Waals surface area (Å²) in [7, 11) is -3.61. The molecular weight excluding hydrogens is 287 g/mol. The molecule has 2 aromatic carbocycles. The van der Waals surface area contributed by atoms with Gasteiger partial charge in [0.1, 0.15) is 0 Å². The molecule has 2 rings (SSSR count). The van der Waals surface area contributed by atoms with Gasteiger partial charge in [0, 0.05) is 0 Å². The molecule has 0 aliphatic rings. The molecule has 21 heavy (non-hydrogen) atoms. The Kier molecular flexibility index (Phi) is 6.15. The number of hydrogen-bond acceptors (Lipinski definition) is 3. The zero-order valence-corrected chi connectivity index (χ0v) is 12.6. The van der Waals surface area contributed by atoms with Crippen LogP contribution in [0.1, 0.15) is 11.1 Å². The van der Waals surface area contributed by atoms with Gasteiger partial charge in [-0.2, -0.15) is 0 Å². The van der Waals surface area contributed by atoms with Crippen molar-refractivity contribution in [2.24, 2.45) is 0 Å². The van der Waals surface area contributed by atoms with Crippen LogP contribution >= 0.6 is 7.60 Å². The van der Waals surface area contributed by atoms with Crippen molar-refractivity contribution in [2.45, 2.75) is 12.8 Å². The van der Waals surface area contributed by atoms with Crippen LogP contribution in [0.2, 0.25) is 0 Å². The first-order valence-electron chi connectivity index (χ1n) is 6.78. The Morgan fingerprint density at radius 3 is 2.05 bits per heavy atom. The quantitative estimate of drug-likeness (QED) is 0.598. The van der Waals surface area contributed by atoms with Gasteiger partial charge in [0.25, 0.3) is 0 Å². The van der Waals surface area contributed by atoms with E-state index >= 15 is 0 Å². The molecule has 0 heterocycles. The standard InChI is InChI=1S/C16H19O4P/c17-21(18,14-16-9-5-2-6-10-16)20-12-11-19-13-15-7-3-1-4-8-15/h1-10H,11-14H2,(H,17,18). The second-order valence-corrected chi connectivity index (χ2v) is 6.50. The lowest BCUT2D eigenvalue weighted by Gasteiger charge is -2.12. The van der Waals surface area contributed by atoms with Gasteiger partial charge < -0.3 is 14.2 Å². The van der Waals surface area contributed by atoms with Crippen LogP contribution in [0.3, 0.4) is 0 Å². The van der Waals surface area contributed by atoms with Gasteiger partial charge in [0.05, 0.1) is 26.0 Å². The zero-order valence-electron chi connectivity index (χ0n) is 11.7. The Labute approximate surface area is 124 Å². The number of rotatable bonds is 8. The van der Waals surface area contributed by atoms with Gasteiger partial charge in [-0.25, -0.2) is 0 Å². The fraction of sp³-hybridized carbons (Fsp3) is 0.250. The first kappa shape index (κ1) is 15.9. The molecule has 0 bridgehead atoms. The first-order chi connectivity index (χ1) is 10.2. The van der Waals surface area contributed by atoms with E-state index in [9.17, 15) is 9.46 Å². The first-order valence-corrected chi connectivity index (χ1v) is 8.54. The minimum absolute atomic E-state index is 0.0204. The normalized spacial score (nSPS) is 13.8. The molecule has 0 aliphatic carbocycles. The van der Waals surface area contributed by atoms with Crippen LogP contribution < -0.4 is 0 Å². The predicted octanol–water partition coefficient (Wildman–Crippen LogP) is 3.61. The topological polar surface area (TPSA) is 55.8 Å². The molecule has 4 nitrogen and oxygen atoms in total.